The number of anilines is 1. The minimum atomic E-state index is -1.16. The van der Waals surface area contributed by atoms with E-state index in [1.807, 2.05) is 0 Å². The molecule has 3 rings (SSSR count). The lowest BCUT2D eigenvalue weighted by Crippen LogP contribution is -2.09. The Morgan fingerprint density at radius 1 is 1.39 bits per heavy atom. The minimum absolute atomic E-state index is 0.0289. The predicted octanol–water partition coefficient (Wildman–Crippen LogP) is 2.66. The Labute approximate surface area is 162 Å². The summed E-state index contributed by atoms with van der Waals surface area (Å²) in [6, 6.07) is 3.77. The predicted molar refractivity (Wildman–Crippen MR) is 98.7 cm³/mol. The average molecular weight is 406 g/mol. The van der Waals surface area contributed by atoms with Gasteiger partial charge in [0, 0.05) is 35.9 Å². The number of carboxylic acid groups (broad SMARTS) is 1. The number of carbonyl (C=O) groups is 1. The van der Waals surface area contributed by atoms with Crippen LogP contribution in [0, 0.1) is 11.2 Å². The van der Waals surface area contributed by atoms with Crippen LogP contribution in [0.3, 0.4) is 0 Å². The SMILES string of the molecule is COCCOc1cc(N)c(C(=N)c2cc(-c3nc(C(=O)O)cs3)no2)cc1F. The van der Waals surface area contributed by atoms with Crippen molar-refractivity contribution in [3.8, 4) is 16.5 Å². The molecule has 0 bridgehead atoms. The van der Waals surface area contributed by atoms with E-state index < -0.39 is 11.8 Å². The Balaban J connectivity index is 1.83. The molecule has 11 heteroatoms. The number of nitrogen functional groups attached to an aromatic ring is 1. The van der Waals surface area contributed by atoms with E-state index in [2.05, 4.69) is 10.1 Å². The molecular weight excluding hydrogens is 391 g/mol. The Morgan fingerprint density at radius 2 is 2.18 bits per heavy atom. The third-order valence-electron chi connectivity index (χ3n) is 3.62. The molecule has 0 fully saturated rings. The molecule has 146 valence electrons. The number of aromatic carboxylic acids is 1. The number of nitrogens with two attached hydrogens (primary N) is 1. The van der Waals surface area contributed by atoms with E-state index in [4.69, 9.17) is 30.2 Å². The van der Waals surface area contributed by atoms with Crippen molar-refractivity contribution in [3.63, 3.8) is 0 Å². The van der Waals surface area contributed by atoms with Gasteiger partial charge in [0.25, 0.3) is 0 Å². The van der Waals surface area contributed by atoms with Gasteiger partial charge in [0.05, 0.1) is 6.61 Å². The number of rotatable bonds is 8. The number of nitrogens with zero attached hydrogens (tertiary/aromatic N) is 2. The van der Waals surface area contributed by atoms with E-state index in [0.717, 1.165) is 17.4 Å². The number of hydrogen-bond donors (Lipinski definition) is 3. The molecule has 0 aliphatic heterocycles. The number of aromatic nitrogens is 2. The summed E-state index contributed by atoms with van der Waals surface area (Å²) in [7, 11) is 1.50. The van der Waals surface area contributed by atoms with Crippen molar-refractivity contribution in [1.29, 1.82) is 5.41 Å². The molecule has 28 heavy (non-hydrogen) atoms. The maximum Gasteiger partial charge on any atom is 0.355 e. The summed E-state index contributed by atoms with van der Waals surface area (Å²) < 4.78 is 29.5. The van der Waals surface area contributed by atoms with E-state index in [0.29, 0.717) is 5.01 Å². The Bertz CT molecular complexity index is 1030. The van der Waals surface area contributed by atoms with E-state index in [1.165, 1.54) is 24.6 Å². The lowest BCUT2D eigenvalue weighted by atomic mass is 10.1. The fraction of sp³-hybridized carbons (Fsp3) is 0.176. The summed E-state index contributed by atoms with van der Waals surface area (Å²) in [5.41, 5.74) is 6.11. The van der Waals surface area contributed by atoms with Crippen LogP contribution in [0.25, 0.3) is 10.7 Å². The zero-order valence-corrected chi connectivity index (χ0v) is 15.4. The zero-order valence-electron chi connectivity index (χ0n) is 14.6. The van der Waals surface area contributed by atoms with Crippen molar-refractivity contribution in [2.45, 2.75) is 0 Å². The number of nitrogens with one attached hydrogen (secondary N) is 1. The summed E-state index contributed by atoms with van der Waals surface area (Å²) in [5, 5.41) is 22.7. The second-order valence-electron chi connectivity index (χ2n) is 5.51. The van der Waals surface area contributed by atoms with Crippen LogP contribution in [0.5, 0.6) is 5.75 Å². The number of hydrogen-bond acceptors (Lipinski definition) is 9. The maximum atomic E-state index is 14.3. The third kappa shape index (κ3) is 4.00. The monoisotopic (exact) mass is 406 g/mol. The molecule has 0 radical (unpaired) electrons. The van der Waals surface area contributed by atoms with Crippen molar-refractivity contribution in [1.82, 2.24) is 10.1 Å². The van der Waals surface area contributed by atoms with Crippen LogP contribution >= 0.6 is 11.3 Å². The van der Waals surface area contributed by atoms with Crippen LogP contribution < -0.4 is 10.5 Å². The molecule has 0 aliphatic rings. The van der Waals surface area contributed by atoms with Crippen LogP contribution in [0.2, 0.25) is 0 Å². The maximum absolute atomic E-state index is 14.3. The number of methoxy groups -OCH3 is 1. The molecule has 0 unspecified atom stereocenters. The first kappa shape index (κ1) is 19.5. The fourth-order valence-corrected chi connectivity index (χ4v) is 2.99. The van der Waals surface area contributed by atoms with Gasteiger partial charge in [-0.1, -0.05) is 5.16 Å². The molecule has 0 spiro atoms. The summed E-state index contributed by atoms with van der Waals surface area (Å²) in [6.07, 6.45) is 0. The topological polar surface area (TPSA) is 145 Å². The van der Waals surface area contributed by atoms with E-state index >= 15 is 0 Å². The number of thiazole rings is 1. The highest BCUT2D eigenvalue weighted by molar-refractivity contribution is 7.13. The third-order valence-corrected chi connectivity index (χ3v) is 4.48. The molecule has 0 aliphatic carbocycles. The van der Waals surface area contributed by atoms with Gasteiger partial charge in [-0.3, -0.25) is 5.41 Å². The molecule has 0 saturated carbocycles. The Morgan fingerprint density at radius 3 is 2.86 bits per heavy atom. The second-order valence-corrected chi connectivity index (χ2v) is 6.36. The first-order chi connectivity index (χ1) is 13.4. The molecule has 3 aromatic rings. The number of ether oxygens (including phenoxy) is 2. The lowest BCUT2D eigenvalue weighted by Gasteiger charge is -2.11. The van der Waals surface area contributed by atoms with Crippen molar-refractivity contribution in [3.05, 3.63) is 46.4 Å². The lowest BCUT2D eigenvalue weighted by molar-refractivity contribution is 0.0691. The normalized spacial score (nSPS) is 10.8. The molecule has 4 N–H and O–H groups in total. The largest absolute Gasteiger partial charge is 0.488 e. The van der Waals surface area contributed by atoms with Crippen molar-refractivity contribution < 1.29 is 28.3 Å². The fourth-order valence-electron chi connectivity index (χ4n) is 2.25. The van der Waals surface area contributed by atoms with Crippen molar-refractivity contribution >= 4 is 28.7 Å². The Hall–Kier alpha value is -3.31. The van der Waals surface area contributed by atoms with Gasteiger partial charge in [0.1, 0.15) is 23.0 Å². The van der Waals surface area contributed by atoms with Gasteiger partial charge in [-0.05, 0) is 6.07 Å². The summed E-state index contributed by atoms with van der Waals surface area (Å²) in [4.78, 5) is 14.8. The summed E-state index contributed by atoms with van der Waals surface area (Å²) in [5.74, 6) is -1.86. The van der Waals surface area contributed by atoms with Crippen LogP contribution in [0.15, 0.2) is 28.1 Å². The van der Waals surface area contributed by atoms with Crippen molar-refractivity contribution in [2.75, 3.05) is 26.1 Å². The molecule has 9 nitrogen and oxygen atoms in total. The molecular formula is C17H15FN4O5S. The van der Waals surface area contributed by atoms with E-state index in [9.17, 15) is 9.18 Å². The van der Waals surface area contributed by atoms with E-state index in [1.54, 1.807) is 0 Å². The van der Waals surface area contributed by atoms with Gasteiger partial charge in [-0.25, -0.2) is 14.2 Å². The number of halogens is 1. The number of carboxylic acids is 1. The average Bonchev–Trinajstić information content (AvgIpc) is 3.33. The van der Waals surface area contributed by atoms with Crippen LogP contribution in [0.1, 0.15) is 21.8 Å². The van der Waals surface area contributed by atoms with Crippen molar-refractivity contribution in [2.24, 2.45) is 0 Å². The molecule has 1 aromatic carbocycles. The molecule has 0 saturated heterocycles. The zero-order chi connectivity index (χ0) is 20.3. The quantitative estimate of drug-likeness (QED) is 0.294. The van der Waals surface area contributed by atoms with E-state index in [-0.39, 0.29) is 53.1 Å². The smallest absolute Gasteiger partial charge is 0.355 e. The molecule has 0 amide bonds. The summed E-state index contributed by atoms with van der Waals surface area (Å²) in [6.45, 7) is 0.444. The number of benzene rings is 1. The van der Waals surface area contributed by atoms with Gasteiger partial charge >= 0.3 is 5.97 Å². The highest BCUT2D eigenvalue weighted by Gasteiger charge is 2.20. The Kier molecular flexibility index (Phi) is 5.66. The highest BCUT2D eigenvalue weighted by Crippen LogP contribution is 2.28. The van der Waals surface area contributed by atoms with Gasteiger partial charge < -0.3 is 24.8 Å². The first-order valence-electron chi connectivity index (χ1n) is 7.86. The molecule has 0 atom stereocenters. The van der Waals surface area contributed by atoms with Crippen LogP contribution in [0.4, 0.5) is 10.1 Å². The summed E-state index contributed by atoms with van der Waals surface area (Å²) >= 11 is 1.07. The molecule has 2 heterocycles. The highest BCUT2D eigenvalue weighted by atomic mass is 32.1. The molecule has 2 aromatic heterocycles. The van der Waals surface area contributed by atoms with Crippen LogP contribution in [-0.4, -0.2) is 47.3 Å². The van der Waals surface area contributed by atoms with Gasteiger partial charge in [0.15, 0.2) is 23.0 Å². The van der Waals surface area contributed by atoms with Crippen LogP contribution in [-0.2, 0) is 4.74 Å². The van der Waals surface area contributed by atoms with Gasteiger partial charge in [0.2, 0.25) is 0 Å². The first-order valence-corrected chi connectivity index (χ1v) is 8.74. The second kappa shape index (κ2) is 8.15. The van der Waals surface area contributed by atoms with Gasteiger partial charge in [-0.2, -0.15) is 0 Å². The minimum Gasteiger partial charge on any atom is -0.488 e. The van der Waals surface area contributed by atoms with Gasteiger partial charge in [-0.15, -0.1) is 11.3 Å². The standard InChI is InChI=1S/C17H15FN4O5S/c1-25-2-3-26-13-5-10(19)8(4-9(13)18)15(20)14-6-11(22-27-14)16-21-12(7-28-16)17(23)24/h4-7,20H,2-3,19H2,1H3,(H,23,24).